The van der Waals surface area contributed by atoms with Crippen molar-refractivity contribution >= 4 is 27.5 Å². The Hall–Kier alpha value is -3.62. The monoisotopic (exact) mass is 534 g/mol. The number of halogens is 3. The van der Waals surface area contributed by atoms with Crippen molar-refractivity contribution < 1.29 is 23.0 Å². The van der Waals surface area contributed by atoms with E-state index in [-0.39, 0.29) is 48.7 Å². The van der Waals surface area contributed by atoms with E-state index in [9.17, 15) is 13.9 Å². The van der Waals surface area contributed by atoms with Gasteiger partial charge >= 0.3 is 6.01 Å². The minimum absolute atomic E-state index is 0.00227. The number of phenolic OH excluding ortho intramolecular Hbond substituents is 1. The van der Waals surface area contributed by atoms with Gasteiger partial charge in [-0.25, -0.2) is 13.2 Å². The second kappa shape index (κ2) is 9.24. The number of hydrogen-bond acceptors (Lipinski definition) is 6. The molecule has 3 fully saturated rings. The number of phenols is 1. The highest BCUT2D eigenvalue weighted by Gasteiger charge is 2.37. The molecule has 2 saturated carbocycles. The Kier molecular flexibility index (Phi) is 5.79. The summed E-state index contributed by atoms with van der Waals surface area (Å²) in [5.74, 6) is -1.60. The molecule has 2 unspecified atom stereocenters. The summed E-state index contributed by atoms with van der Waals surface area (Å²) in [4.78, 5) is 15.9. The van der Waals surface area contributed by atoms with Crippen molar-refractivity contribution in [2.24, 2.45) is 11.8 Å². The molecular formula is C30H29F3N4O2. The molecule has 9 heteroatoms. The molecule has 2 aromatic carbocycles. The summed E-state index contributed by atoms with van der Waals surface area (Å²) in [6.07, 6.45) is 4.57. The lowest BCUT2D eigenvalue weighted by Gasteiger charge is -2.33. The summed E-state index contributed by atoms with van der Waals surface area (Å²) < 4.78 is 49.9. The molecule has 0 amide bonds. The minimum Gasteiger partial charge on any atom is -0.508 e. The zero-order valence-electron chi connectivity index (χ0n) is 21.4. The lowest BCUT2D eigenvalue weighted by molar-refractivity contribution is -0.0594. The highest BCUT2D eigenvalue weighted by atomic mass is 19.3. The van der Waals surface area contributed by atoms with Gasteiger partial charge in [-0.3, -0.25) is 4.98 Å². The summed E-state index contributed by atoms with van der Waals surface area (Å²) in [5.41, 5.74) is 0.603. The second-order valence-electron chi connectivity index (χ2n) is 11.4. The topological polar surface area (TPSA) is 71.4 Å². The Morgan fingerprint density at radius 2 is 1.69 bits per heavy atom. The number of aromatic hydroxyl groups is 1. The van der Waals surface area contributed by atoms with Gasteiger partial charge in [-0.15, -0.1) is 0 Å². The van der Waals surface area contributed by atoms with Crippen molar-refractivity contribution in [3.05, 3.63) is 48.4 Å². The van der Waals surface area contributed by atoms with Crippen LogP contribution in [0.5, 0.6) is 11.8 Å². The fourth-order valence-electron chi connectivity index (χ4n) is 6.66. The minimum atomic E-state index is -2.68. The molecule has 2 bridgehead atoms. The van der Waals surface area contributed by atoms with E-state index in [1.807, 2.05) is 24.3 Å². The van der Waals surface area contributed by atoms with Gasteiger partial charge < -0.3 is 14.7 Å². The molecule has 0 spiro atoms. The largest absolute Gasteiger partial charge is 0.508 e. The van der Waals surface area contributed by atoms with E-state index in [0.29, 0.717) is 28.6 Å². The maximum Gasteiger partial charge on any atom is 0.319 e. The van der Waals surface area contributed by atoms with Crippen LogP contribution in [0.2, 0.25) is 0 Å². The zero-order valence-corrected chi connectivity index (χ0v) is 21.4. The van der Waals surface area contributed by atoms with Gasteiger partial charge in [-0.1, -0.05) is 24.3 Å². The first kappa shape index (κ1) is 24.4. The third kappa shape index (κ3) is 4.51. The summed E-state index contributed by atoms with van der Waals surface area (Å²) in [5, 5.41) is 12.4. The lowest BCUT2D eigenvalue weighted by atomic mass is 9.94. The number of anilines is 1. The third-order valence-corrected chi connectivity index (χ3v) is 8.59. The number of hydrogen-bond donors (Lipinski definition) is 1. The third-order valence-electron chi connectivity index (χ3n) is 8.59. The molecule has 2 atom stereocenters. The average Bonchev–Trinajstić information content (AvgIpc) is 3.26. The molecule has 39 heavy (non-hydrogen) atoms. The molecule has 3 heterocycles. The van der Waals surface area contributed by atoms with Crippen LogP contribution >= 0.6 is 0 Å². The summed E-state index contributed by atoms with van der Waals surface area (Å²) in [6.45, 7) is 1.64. The van der Waals surface area contributed by atoms with Crippen LogP contribution in [0.1, 0.15) is 44.9 Å². The molecule has 2 aliphatic carbocycles. The Bertz CT molecular complexity index is 1560. The Morgan fingerprint density at radius 3 is 2.46 bits per heavy atom. The number of piperidine rings is 1. The molecule has 1 N–H and O–H groups in total. The van der Waals surface area contributed by atoms with E-state index in [2.05, 4.69) is 14.9 Å². The van der Waals surface area contributed by atoms with Gasteiger partial charge in [0, 0.05) is 37.7 Å². The lowest BCUT2D eigenvalue weighted by Crippen LogP contribution is -2.37. The molecule has 2 aromatic heterocycles. The van der Waals surface area contributed by atoms with Crippen LogP contribution in [0.4, 0.5) is 19.0 Å². The highest BCUT2D eigenvalue weighted by molar-refractivity contribution is 5.99. The van der Waals surface area contributed by atoms with Crippen molar-refractivity contribution in [3.63, 3.8) is 0 Å². The van der Waals surface area contributed by atoms with Gasteiger partial charge in [0.2, 0.25) is 5.92 Å². The average molecular weight is 535 g/mol. The van der Waals surface area contributed by atoms with Crippen molar-refractivity contribution in [2.75, 3.05) is 18.0 Å². The van der Waals surface area contributed by atoms with E-state index in [4.69, 9.17) is 9.72 Å². The van der Waals surface area contributed by atoms with E-state index in [0.717, 1.165) is 23.9 Å². The number of ether oxygens (including phenoxy) is 1. The van der Waals surface area contributed by atoms with Crippen LogP contribution in [0.25, 0.3) is 32.9 Å². The van der Waals surface area contributed by atoms with E-state index in [1.165, 1.54) is 25.3 Å². The van der Waals surface area contributed by atoms with Crippen molar-refractivity contribution in [3.8, 4) is 23.0 Å². The number of alkyl halides is 2. The normalized spacial score (nSPS) is 23.0. The summed E-state index contributed by atoms with van der Waals surface area (Å²) in [7, 11) is 0. The van der Waals surface area contributed by atoms with Crippen LogP contribution in [0.15, 0.2) is 42.6 Å². The molecular weight excluding hydrogens is 505 g/mol. The summed E-state index contributed by atoms with van der Waals surface area (Å²) in [6, 6.07) is 10.5. The molecule has 4 aromatic rings. The van der Waals surface area contributed by atoms with Crippen LogP contribution < -0.4 is 9.64 Å². The molecule has 1 aliphatic heterocycles. The molecule has 3 aliphatic rings. The van der Waals surface area contributed by atoms with Crippen LogP contribution in [0.3, 0.4) is 0 Å². The number of nitrogens with zero attached hydrogens (tertiary/aromatic N) is 4. The van der Waals surface area contributed by atoms with Gasteiger partial charge in [-0.05, 0) is 66.8 Å². The predicted molar refractivity (Wildman–Crippen MR) is 143 cm³/mol. The van der Waals surface area contributed by atoms with Crippen LogP contribution in [-0.2, 0) is 0 Å². The molecule has 202 valence electrons. The molecule has 7 rings (SSSR count). The smallest absolute Gasteiger partial charge is 0.319 e. The van der Waals surface area contributed by atoms with Crippen LogP contribution in [0, 0.1) is 17.7 Å². The van der Waals surface area contributed by atoms with Gasteiger partial charge in [0.25, 0.3) is 0 Å². The Balaban J connectivity index is 1.35. The highest BCUT2D eigenvalue weighted by Crippen LogP contribution is 2.42. The first-order chi connectivity index (χ1) is 18.8. The van der Waals surface area contributed by atoms with Crippen molar-refractivity contribution in [2.45, 2.75) is 57.0 Å². The second-order valence-corrected chi connectivity index (χ2v) is 11.4. The SMILES string of the molecule is Oc1cc(-c2ncc3c(N4CC5CCC(C5)C4)nc(OC4CCC(F)(F)CC4)nc3c2F)c2ccccc2c1. The number of aromatic nitrogens is 3. The van der Waals surface area contributed by atoms with Gasteiger partial charge in [0.05, 0.1) is 5.39 Å². The maximum absolute atomic E-state index is 16.4. The van der Waals surface area contributed by atoms with Gasteiger partial charge in [0.15, 0.2) is 5.82 Å². The van der Waals surface area contributed by atoms with Gasteiger partial charge in [0.1, 0.15) is 28.9 Å². The molecule has 0 radical (unpaired) electrons. The number of rotatable bonds is 4. The van der Waals surface area contributed by atoms with E-state index < -0.39 is 17.8 Å². The van der Waals surface area contributed by atoms with Crippen molar-refractivity contribution in [1.82, 2.24) is 15.0 Å². The van der Waals surface area contributed by atoms with Crippen molar-refractivity contribution in [1.29, 1.82) is 0 Å². The number of pyridine rings is 1. The van der Waals surface area contributed by atoms with E-state index in [1.54, 1.807) is 12.3 Å². The summed E-state index contributed by atoms with van der Waals surface area (Å²) >= 11 is 0. The first-order valence-corrected chi connectivity index (χ1v) is 13.7. The number of fused-ring (bicyclic) bond motifs is 4. The van der Waals surface area contributed by atoms with Gasteiger partial charge in [-0.2, -0.15) is 9.97 Å². The quantitative estimate of drug-likeness (QED) is 0.308. The predicted octanol–water partition coefficient (Wildman–Crippen LogP) is 6.88. The molecule has 1 saturated heterocycles. The molecule has 6 nitrogen and oxygen atoms in total. The Morgan fingerprint density at radius 1 is 0.949 bits per heavy atom. The zero-order chi connectivity index (χ0) is 26.7. The van der Waals surface area contributed by atoms with Crippen LogP contribution in [-0.4, -0.2) is 45.2 Å². The Labute approximate surface area is 223 Å². The number of benzene rings is 2. The van der Waals surface area contributed by atoms with E-state index >= 15 is 4.39 Å². The first-order valence-electron chi connectivity index (χ1n) is 13.7. The fourth-order valence-corrected chi connectivity index (χ4v) is 6.66. The standard InChI is InChI=1S/C30H29F3N4O2/c31-25-26(23-13-20(38)12-19-3-1-2-4-22(19)23)34-14-24-27(25)35-29(39-21-7-9-30(32,33)10-8-21)36-28(24)37-15-17-5-6-18(11-17)16-37/h1-4,12-14,17-18,21,38H,5-11,15-16H2. The maximum atomic E-state index is 16.4. The fraction of sp³-hybridized carbons (Fsp3) is 0.433.